The van der Waals surface area contributed by atoms with Gasteiger partial charge in [-0.2, -0.15) is 41.2 Å². The molecule has 3 aromatic carbocycles. The second kappa shape index (κ2) is 17.4. The first kappa shape index (κ1) is 32.0. The summed E-state index contributed by atoms with van der Waals surface area (Å²) in [5.41, 5.74) is 5.66. The fraction of sp³-hybridized carbons (Fsp3) is 0.407. The van der Waals surface area contributed by atoms with Crippen molar-refractivity contribution in [3.63, 3.8) is 0 Å². The molecule has 0 aliphatic heterocycles. The Morgan fingerprint density at radius 2 is 1.42 bits per heavy atom. The summed E-state index contributed by atoms with van der Waals surface area (Å²) in [6.07, 6.45) is 1.09. The van der Waals surface area contributed by atoms with E-state index >= 15 is 0 Å². The maximum absolute atomic E-state index is 7.44. The average molecular weight is 500 g/mol. The maximum Gasteiger partial charge on any atom is 4.00 e. The van der Waals surface area contributed by atoms with Crippen LogP contribution in [-0.2, 0) is 38.0 Å². The van der Waals surface area contributed by atoms with E-state index in [1.807, 2.05) is 0 Å². The summed E-state index contributed by atoms with van der Waals surface area (Å²) in [7, 11) is 7.00. The summed E-state index contributed by atoms with van der Waals surface area (Å²) in [5.74, 6) is 0. The molecular formula is C27H40N2OZr. The van der Waals surface area contributed by atoms with Gasteiger partial charge in [0.25, 0.3) is 0 Å². The Hall–Kier alpha value is -1.19. The van der Waals surface area contributed by atoms with Crippen LogP contribution in [0.5, 0.6) is 0 Å². The van der Waals surface area contributed by atoms with Crippen molar-refractivity contribution in [1.29, 1.82) is 0 Å². The molecule has 168 valence electrons. The molecule has 0 aliphatic carbocycles. The van der Waals surface area contributed by atoms with E-state index in [1.54, 1.807) is 35.1 Å². The number of aliphatic hydroxyl groups excluding tert-OH is 1. The van der Waals surface area contributed by atoms with Gasteiger partial charge in [-0.3, -0.25) is 0 Å². The number of hydrogen-bond donors (Lipinski definition) is 1. The number of nitrogens with zero attached hydrogens (tertiary/aromatic N) is 2. The number of fused-ring (bicyclic) bond motifs is 1. The standard InChI is InChI=1S/C21H23.2C2H6N.C2H5O.Zr/c1-5-15-13-17-7-6-8-19(20(17)14-15)16-9-11-18(12-10-16)21(2,3)4;2*1-3-2;1-2-3;/h6-14H,5H2,1-4H3;2*1-2H3;2-3H,1H3;/q4*-1;+4. The second-order valence-corrected chi connectivity index (χ2v) is 8.01. The van der Waals surface area contributed by atoms with Crippen LogP contribution in [0.15, 0.2) is 54.6 Å². The van der Waals surface area contributed by atoms with Crippen molar-refractivity contribution < 1.29 is 31.3 Å². The minimum absolute atomic E-state index is 0. The molecule has 3 rings (SSSR count). The predicted molar refractivity (Wildman–Crippen MR) is 135 cm³/mol. The molecule has 0 saturated heterocycles. The Bertz CT molecular complexity index is 813. The average Bonchev–Trinajstić information content (AvgIpc) is 3.13. The Kier molecular flexibility index (Phi) is 17.9. The van der Waals surface area contributed by atoms with E-state index in [9.17, 15) is 0 Å². The van der Waals surface area contributed by atoms with E-state index < -0.39 is 0 Å². The molecule has 0 bridgehead atoms. The summed E-state index contributed by atoms with van der Waals surface area (Å²) in [4.78, 5) is 0. The van der Waals surface area contributed by atoms with Crippen LogP contribution in [0.25, 0.3) is 32.5 Å². The van der Waals surface area contributed by atoms with Crippen molar-refractivity contribution in [2.45, 2.75) is 46.5 Å². The van der Waals surface area contributed by atoms with E-state index in [1.165, 1.54) is 33.0 Å². The number of hydrogen-bond acceptors (Lipinski definition) is 1. The third-order valence-electron chi connectivity index (χ3n) is 4.28. The maximum atomic E-state index is 7.44. The van der Waals surface area contributed by atoms with Crippen molar-refractivity contribution in [3.05, 3.63) is 83.0 Å². The van der Waals surface area contributed by atoms with E-state index in [0.717, 1.165) is 13.0 Å². The van der Waals surface area contributed by atoms with Gasteiger partial charge in [-0.05, 0) is 23.0 Å². The summed E-state index contributed by atoms with van der Waals surface area (Å²) in [6.45, 7) is 11.5. The molecule has 0 radical (unpaired) electrons. The summed E-state index contributed by atoms with van der Waals surface area (Å²) in [6, 6.07) is 20.3. The van der Waals surface area contributed by atoms with Crippen molar-refractivity contribution in [2.24, 2.45) is 0 Å². The van der Waals surface area contributed by atoms with Crippen LogP contribution in [0.1, 0.15) is 45.7 Å². The van der Waals surface area contributed by atoms with Gasteiger partial charge < -0.3 is 15.7 Å². The van der Waals surface area contributed by atoms with Crippen LogP contribution in [-0.4, -0.2) is 33.3 Å². The zero-order chi connectivity index (χ0) is 23.2. The van der Waals surface area contributed by atoms with E-state index in [-0.39, 0.29) is 31.6 Å². The van der Waals surface area contributed by atoms with Crippen LogP contribution < -0.4 is 0 Å². The largest absolute Gasteiger partial charge is 4.00 e. The monoisotopic (exact) mass is 498 g/mol. The van der Waals surface area contributed by atoms with Crippen LogP contribution >= 0.6 is 0 Å². The Labute approximate surface area is 210 Å². The Morgan fingerprint density at radius 3 is 1.84 bits per heavy atom. The molecule has 0 saturated carbocycles. The van der Waals surface area contributed by atoms with Gasteiger partial charge >= 0.3 is 26.2 Å². The van der Waals surface area contributed by atoms with Crippen LogP contribution in [0, 0.1) is 6.61 Å². The van der Waals surface area contributed by atoms with Crippen LogP contribution in [0.3, 0.4) is 0 Å². The zero-order valence-electron chi connectivity index (χ0n) is 20.8. The quantitative estimate of drug-likeness (QED) is 0.358. The first-order chi connectivity index (χ1) is 14.2. The number of rotatable bonds is 2. The molecule has 3 aromatic rings. The van der Waals surface area contributed by atoms with Crippen LogP contribution in [0.2, 0.25) is 0 Å². The number of aliphatic hydroxyl groups is 1. The Morgan fingerprint density at radius 1 is 0.935 bits per heavy atom. The van der Waals surface area contributed by atoms with Gasteiger partial charge in [0.15, 0.2) is 0 Å². The van der Waals surface area contributed by atoms with Gasteiger partial charge in [0.05, 0.1) is 0 Å². The molecule has 1 N–H and O–H groups in total. The number of benzene rings is 2. The van der Waals surface area contributed by atoms with Gasteiger partial charge in [0, 0.05) is 0 Å². The van der Waals surface area contributed by atoms with Crippen molar-refractivity contribution in [3.8, 4) is 11.1 Å². The van der Waals surface area contributed by atoms with E-state index in [4.69, 9.17) is 5.11 Å². The SMILES string of the molecule is CCc1cc2c(-c3ccc(C(C)(C)C)cc3)cccc2[cH-]1.C[CH-]O.C[N-]C.C[N-]C.[Zr+4]. The fourth-order valence-electron chi connectivity index (χ4n) is 2.90. The van der Waals surface area contributed by atoms with Gasteiger partial charge in [-0.1, -0.05) is 63.6 Å². The first-order valence-corrected chi connectivity index (χ1v) is 10.4. The molecule has 0 amide bonds. The summed E-state index contributed by atoms with van der Waals surface area (Å²) >= 11 is 0. The molecule has 4 heteroatoms. The fourth-order valence-corrected chi connectivity index (χ4v) is 2.90. The molecule has 0 aromatic heterocycles. The molecule has 0 aliphatic rings. The molecule has 0 spiro atoms. The molecule has 0 heterocycles. The molecule has 3 nitrogen and oxygen atoms in total. The molecule has 0 atom stereocenters. The minimum Gasteiger partial charge on any atom is -0.668 e. The van der Waals surface area contributed by atoms with Gasteiger partial charge in [-0.15, -0.1) is 34.5 Å². The topological polar surface area (TPSA) is 48.4 Å². The second-order valence-electron chi connectivity index (χ2n) is 8.01. The van der Waals surface area contributed by atoms with Crippen LogP contribution in [0.4, 0.5) is 0 Å². The van der Waals surface area contributed by atoms with Gasteiger partial charge in [0.2, 0.25) is 0 Å². The van der Waals surface area contributed by atoms with E-state index in [0.29, 0.717) is 0 Å². The van der Waals surface area contributed by atoms with E-state index in [2.05, 4.69) is 92.9 Å². The normalized spacial score (nSPS) is 9.87. The van der Waals surface area contributed by atoms with Crippen molar-refractivity contribution >= 4 is 10.8 Å². The van der Waals surface area contributed by atoms with Crippen molar-refractivity contribution in [2.75, 3.05) is 28.2 Å². The zero-order valence-corrected chi connectivity index (χ0v) is 23.3. The predicted octanol–water partition coefficient (Wildman–Crippen LogP) is 7.86. The summed E-state index contributed by atoms with van der Waals surface area (Å²) in [5, 5.41) is 17.2. The Balaban J connectivity index is 0. The smallest absolute Gasteiger partial charge is 0.668 e. The third kappa shape index (κ3) is 11.3. The third-order valence-corrected chi connectivity index (χ3v) is 4.28. The molecule has 0 fully saturated rings. The minimum atomic E-state index is 0. The molecular weight excluding hydrogens is 460 g/mol. The first-order valence-electron chi connectivity index (χ1n) is 10.4. The van der Waals surface area contributed by atoms with Crippen molar-refractivity contribution in [1.82, 2.24) is 0 Å². The van der Waals surface area contributed by atoms with Gasteiger partial charge in [0.1, 0.15) is 0 Å². The molecule has 31 heavy (non-hydrogen) atoms. The summed E-state index contributed by atoms with van der Waals surface area (Å²) < 4.78 is 0. The molecule has 0 unspecified atom stereocenters. The van der Waals surface area contributed by atoms with Gasteiger partial charge in [-0.25, -0.2) is 6.61 Å². The number of aryl methyl sites for hydroxylation is 1.